The quantitative estimate of drug-likeness (QED) is 0.877. The smallest absolute Gasteiger partial charge is 0.226 e. The normalized spacial score (nSPS) is 10.6. The van der Waals surface area contributed by atoms with Crippen LogP contribution in [0.15, 0.2) is 22.7 Å². The molecule has 0 aliphatic rings. The molecule has 0 saturated heterocycles. The van der Waals surface area contributed by atoms with Crippen molar-refractivity contribution in [3.05, 3.63) is 41.3 Å². The molecule has 0 unspecified atom stereocenters. The summed E-state index contributed by atoms with van der Waals surface area (Å²) in [5.41, 5.74) is 6.13. The largest absolute Gasteiger partial charge is 0.482 e. The molecule has 1 heterocycles. The third-order valence-corrected chi connectivity index (χ3v) is 2.40. The molecular formula is C12H14FN3O2. The fraction of sp³-hybridized carbons (Fsp3) is 0.333. The SMILES string of the molecule is CCc1nc(COc2ccc(CN)cc2F)no1. The van der Waals surface area contributed by atoms with Crippen LogP contribution < -0.4 is 10.5 Å². The first kappa shape index (κ1) is 12.5. The fourth-order valence-electron chi connectivity index (χ4n) is 1.42. The zero-order valence-corrected chi connectivity index (χ0v) is 10.0. The Kier molecular flexibility index (Phi) is 3.88. The van der Waals surface area contributed by atoms with Crippen LogP contribution in [0.4, 0.5) is 4.39 Å². The second-order valence-corrected chi connectivity index (χ2v) is 3.72. The minimum Gasteiger partial charge on any atom is -0.482 e. The lowest BCUT2D eigenvalue weighted by molar-refractivity contribution is 0.272. The summed E-state index contributed by atoms with van der Waals surface area (Å²) < 4.78 is 23.8. The maximum Gasteiger partial charge on any atom is 0.226 e. The zero-order valence-electron chi connectivity index (χ0n) is 10.0. The maximum atomic E-state index is 13.6. The molecule has 0 amide bonds. The first-order valence-corrected chi connectivity index (χ1v) is 5.65. The van der Waals surface area contributed by atoms with Gasteiger partial charge in [-0.05, 0) is 17.7 Å². The van der Waals surface area contributed by atoms with E-state index in [-0.39, 0.29) is 12.4 Å². The Labute approximate surface area is 104 Å². The van der Waals surface area contributed by atoms with Crippen LogP contribution in [-0.2, 0) is 19.6 Å². The summed E-state index contributed by atoms with van der Waals surface area (Å²) in [6.45, 7) is 2.27. The first-order valence-electron chi connectivity index (χ1n) is 5.65. The van der Waals surface area contributed by atoms with Crippen molar-refractivity contribution in [2.45, 2.75) is 26.5 Å². The standard InChI is InChI=1S/C12H14FN3O2/c1-2-12-15-11(16-18-12)7-17-10-4-3-8(6-14)5-9(10)13/h3-5H,2,6-7,14H2,1H3. The molecule has 2 aromatic rings. The number of hydrogen-bond acceptors (Lipinski definition) is 5. The second kappa shape index (κ2) is 5.59. The van der Waals surface area contributed by atoms with Gasteiger partial charge >= 0.3 is 0 Å². The molecule has 2 rings (SSSR count). The van der Waals surface area contributed by atoms with Crippen LogP contribution >= 0.6 is 0 Å². The molecule has 1 aromatic carbocycles. The molecule has 0 aliphatic heterocycles. The molecule has 0 spiro atoms. The molecule has 18 heavy (non-hydrogen) atoms. The Balaban J connectivity index is 2.01. The van der Waals surface area contributed by atoms with E-state index in [0.29, 0.717) is 30.2 Å². The number of hydrogen-bond donors (Lipinski definition) is 1. The van der Waals surface area contributed by atoms with E-state index in [1.165, 1.54) is 6.07 Å². The third kappa shape index (κ3) is 2.84. The summed E-state index contributed by atoms with van der Waals surface area (Å²) in [7, 11) is 0. The van der Waals surface area contributed by atoms with Gasteiger partial charge < -0.3 is 15.0 Å². The van der Waals surface area contributed by atoms with E-state index in [1.54, 1.807) is 12.1 Å². The van der Waals surface area contributed by atoms with Crippen LogP contribution in [0, 0.1) is 5.82 Å². The minimum atomic E-state index is -0.447. The van der Waals surface area contributed by atoms with Gasteiger partial charge in [0, 0.05) is 13.0 Å². The van der Waals surface area contributed by atoms with Crippen molar-refractivity contribution >= 4 is 0 Å². The van der Waals surface area contributed by atoms with Gasteiger partial charge in [-0.25, -0.2) is 4.39 Å². The van der Waals surface area contributed by atoms with Crippen LogP contribution in [0.3, 0.4) is 0 Å². The summed E-state index contributed by atoms with van der Waals surface area (Å²) in [6.07, 6.45) is 0.659. The fourth-order valence-corrected chi connectivity index (χ4v) is 1.42. The monoisotopic (exact) mass is 251 g/mol. The van der Waals surface area contributed by atoms with Gasteiger partial charge in [0.05, 0.1) is 0 Å². The molecule has 1 aromatic heterocycles. The van der Waals surface area contributed by atoms with Crippen LogP contribution in [0.5, 0.6) is 5.75 Å². The molecule has 0 aliphatic carbocycles. The highest BCUT2D eigenvalue weighted by Gasteiger charge is 2.08. The highest BCUT2D eigenvalue weighted by Crippen LogP contribution is 2.19. The summed E-state index contributed by atoms with van der Waals surface area (Å²) in [5.74, 6) is 0.633. The Bertz CT molecular complexity index is 528. The predicted octanol–water partition coefficient (Wildman–Crippen LogP) is 1.81. The molecule has 6 heteroatoms. The summed E-state index contributed by atoms with van der Waals surface area (Å²) in [4.78, 5) is 4.06. The van der Waals surface area contributed by atoms with Crippen molar-refractivity contribution in [3.8, 4) is 5.75 Å². The Morgan fingerprint density at radius 3 is 2.89 bits per heavy atom. The average Bonchev–Trinajstić information content (AvgIpc) is 2.85. The number of aryl methyl sites for hydroxylation is 1. The van der Waals surface area contributed by atoms with Crippen molar-refractivity contribution in [2.24, 2.45) is 5.73 Å². The molecule has 0 radical (unpaired) electrons. The Morgan fingerprint density at radius 1 is 1.44 bits per heavy atom. The van der Waals surface area contributed by atoms with Gasteiger partial charge in [-0.2, -0.15) is 4.98 Å². The van der Waals surface area contributed by atoms with Crippen molar-refractivity contribution in [1.29, 1.82) is 0 Å². The first-order chi connectivity index (χ1) is 8.72. The van der Waals surface area contributed by atoms with Crippen LogP contribution in [0.25, 0.3) is 0 Å². The highest BCUT2D eigenvalue weighted by atomic mass is 19.1. The average molecular weight is 251 g/mol. The van der Waals surface area contributed by atoms with Crippen molar-refractivity contribution in [1.82, 2.24) is 10.1 Å². The summed E-state index contributed by atoms with van der Waals surface area (Å²) >= 11 is 0. The molecular weight excluding hydrogens is 237 g/mol. The zero-order chi connectivity index (χ0) is 13.0. The molecule has 0 atom stereocenters. The summed E-state index contributed by atoms with van der Waals surface area (Å²) in [6, 6.07) is 4.60. The van der Waals surface area contributed by atoms with Gasteiger partial charge in [-0.1, -0.05) is 18.1 Å². The van der Waals surface area contributed by atoms with Gasteiger partial charge in [0.25, 0.3) is 0 Å². The second-order valence-electron chi connectivity index (χ2n) is 3.72. The molecule has 0 fully saturated rings. The Morgan fingerprint density at radius 2 is 2.28 bits per heavy atom. The van der Waals surface area contributed by atoms with E-state index in [9.17, 15) is 4.39 Å². The molecule has 0 saturated carbocycles. The van der Waals surface area contributed by atoms with Gasteiger partial charge in [0.15, 0.2) is 18.2 Å². The van der Waals surface area contributed by atoms with Crippen LogP contribution in [0.2, 0.25) is 0 Å². The maximum absolute atomic E-state index is 13.6. The third-order valence-electron chi connectivity index (χ3n) is 2.40. The predicted molar refractivity (Wildman–Crippen MR) is 62.3 cm³/mol. The number of halogens is 1. The summed E-state index contributed by atoms with van der Waals surface area (Å²) in [5, 5.41) is 3.71. The van der Waals surface area contributed by atoms with E-state index in [0.717, 1.165) is 0 Å². The number of nitrogens with zero attached hydrogens (tertiary/aromatic N) is 2. The Hall–Kier alpha value is -1.95. The minimum absolute atomic E-state index is 0.0718. The lowest BCUT2D eigenvalue weighted by Crippen LogP contribution is -2.01. The van der Waals surface area contributed by atoms with Crippen LogP contribution in [-0.4, -0.2) is 10.1 Å². The number of ether oxygens (including phenoxy) is 1. The number of nitrogens with two attached hydrogens (primary N) is 1. The van der Waals surface area contributed by atoms with Crippen LogP contribution in [0.1, 0.15) is 24.2 Å². The van der Waals surface area contributed by atoms with E-state index in [1.807, 2.05) is 6.92 Å². The highest BCUT2D eigenvalue weighted by molar-refractivity contribution is 5.29. The van der Waals surface area contributed by atoms with E-state index < -0.39 is 5.82 Å². The van der Waals surface area contributed by atoms with E-state index in [4.69, 9.17) is 15.0 Å². The van der Waals surface area contributed by atoms with Gasteiger partial charge in [-0.3, -0.25) is 0 Å². The topological polar surface area (TPSA) is 74.2 Å². The van der Waals surface area contributed by atoms with Gasteiger partial charge in [-0.15, -0.1) is 0 Å². The van der Waals surface area contributed by atoms with Gasteiger partial charge in [0.2, 0.25) is 11.7 Å². The molecule has 96 valence electrons. The molecule has 5 nitrogen and oxygen atoms in total. The lowest BCUT2D eigenvalue weighted by Gasteiger charge is -2.05. The lowest BCUT2D eigenvalue weighted by atomic mass is 10.2. The van der Waals surface area contributed by atoms with E-state index in [2.05, 4.69) is 10.1 Å². The number of aromatic nitrogens is 2. The van der Waals surface area contributed by atoms with Crippen molar-refractivity contribution < 1.29 is 13.7 Å². The van der Waals surface area contributed by atoms with E-state index >= 15 is 0 Å². The number of benzene rings is 1. The van der Waals surface area contributed by atoms with Crippen molar-refractivity contribution in [2.75, 3.05) is 0 Å². The molecule has 0 bridgehead atoms. The number of rotatable bonds is 5. The van der Waals surface area contributed by atoms with Crippen molar-refractivity contribution in [3.63, 3.8) is 0 Å². The molecule has 2 N–H and O–H groups in total. The van der Waals surface area contributed by atoms with Gasteiger partial charge in [0.1, 0.15) is 0 Å².